The number of nitrogens with zero attached hydrogens (tertiary/aromatic N) is 2. The third kappa shape index (κ3) is 3.69. The van der Waals surface area contributed by atoms with Crippen LogP contribution in [0.25, 0.3) is 0 Å². The van der Waals surface area contributed by atoms with Crippen LogP contribution in [-0.2, 0) is 21.2 Å². The molecule has 0 radical (unpaired) electrons. The van der Waals surface area contributed by atoms with Crippen molar-refractivity contribution in [2.24, 2.45) is 0 Å². The normalized spacial score (nSPS) is 19.0. The summed E-state index contributed by atoms with van der Waals surface area (Å²) in [6.45, 7) is 3.61. The van der Waals surface area contributed by atoms with Crippen molar-refractivity contribution in [1.82, 2.24) is 9.62 Å². The van der Waals surface area contributed by atoms with Crippen LogP contribution in [0.15, 0.2) is 18.2 Å². The van der Waals surface area contributed by atoms with Gasteiger partial charge in [0.15, 0.2) is 0 Å². The molecule has 1 fully saturated rings. The van der Waals surface area contributed by atoms with E-state index in [4.69, 9.17) is 0 Å². The van der Waals surface area contributed by atoms with Gasteiger partial charge in [-0.05, 0) is 36.6 Å². The molecule has 8 heteroatoms. The number of amides is 2. The summed E-state index contributed by atoms with van der Waals surface area (Å²) in [6.07, 6.45) is 1.85. The van der Waals surface area contributed by atoms with E-state index in [1.54, 1.807) is 11.0 Å². The van der Waals surface area contributed by atoms with Crippen molar-refractivity contribution in [2.45, 2.75) is 26.2 Å². The van der Waals surface area contributed by atoms with Crippen LogP contribution in [0.4, 0.5) is 5.69 Å². The van der Waals surface area contributed by atoms with Crippen molar-refractivity contribution in [2.75, 3.05) is 36.8 Å². The fourth-order valence-corrected chi connectivity index (χ4v) is 4.86. The molecular weight excluding hydrogens is 342 g/mol. The number of fused-ring (bicyclic) bond motifs is 1. The first-order valence-corrected chi connectivity index (χ1v) is 10.2. The molecule has 0 spiro atoms. The highest BCUT2D eigenvalue weighted by Gasteiger charge is 2.28. The number of benzene rings is 1. The van der Waals surface area contributed by atoms with Gasteiger partial charge in [-0.2, -0.15) is 0 Å². The zero-order chi connectivity index (χ0) is 18.0. The molecule has 0 bridgehead atoms. The van der Waals surface area contributed by atoms with Gasteiger partial charge in [0.2, 0.25) is 15.9 Å². The van der Waals surface area contributed by atoms with Crippen LogP contribution in [0.3, 0.4) is 0 Å². The molecule has 1 saturated heterocycles. The highest BCUT2D eigenvalue weighted by atomic mass is 32.2. The van der Waals surface area contributed by atoms with Crippen molar-refractivity contribution in [1.29, 1.82) is 0 Å². The maximum atomic E-state index is 12.3. The van der Waals surface area contributed by atoms with Gasteiger partial charge in [0, 0.05) is 43.9 Å². The number of carbonyl (C=O) groups excluding carboxylic acids is 2. The molecule has 1 aromatic rings. The fraction of sp³-hybridized carbons (Fsp3) is 0.529. The lowest BCUT2D eigenvalue weighted by Crippen LogP contribution is -2.35. The predicted octanol–water partition coefficient (Wildman–Crippen LogP) is 0.751. The maximum absolute atomic E-state index is 12.3. The molecule has 0 unspecified atom stereocenters. The number of sulfonamides is 1. The van der Waals surface area contributed by atoms with Gasteiger partial charge in [0.1, 0.15) is 0 Å². The molecule has 0 aromatic heterocycles. The highest BCUT2D eigenvalue weighted by Crippen LogP contribution is 2.29. The van der Waals surface area contributed by atoms with Crippen LogP contribution in [0.1, 0.15) is 35.7 Å². The van der Waals surface area contributed by atoms with Crippen LogP contribution < -0.4 is 10.2 Å². The summed E-state index contributed by atoms with van der Waals surface area (Å²) >= 11 is 0. The molecule has 0 atom stereocenters. The van der Waals surface area contributed by atoms with Crippen LogP contribution in [0.2, 0.25) is 0 Å². The summed E-state index contributed by atoms with van der Waals surface area (Å²) in [5, 5.41) is 2.77. The monoisotopic (exact) mass is 365 g/mol. The lowest BCUT2D eigenvalue weighted by Gasteiger charge is -2.17. The largest absolute Gasteiger partial charge is 0.351 e. The summed E-state index contributed by atoms with van der Waals surface area (Å²) in [7, 11) is -3.13. The van der Waals surface area contributed by atoms with E-state index in [-0.39, 0.29) is 24.1 Å². The van der Waals surface area contributed by atoms with E-state index in [0.29, 0.717) is 38.0 Å². The fourth-order valence-electron chi connectivity index (χ4n) is 3.33. The first kappa shape index (κ1) is 17.9. The standard InChI is InChI=1S/C17H23N3O4S/c1-2-16(21)20-9-6-13-12-14(4-5-15(13)20)17(22)18-7-10-19-8-3-11-25(19,23)24/h4-5,12H,2-3,6-11H2,1H3,(H,18,22). The second kappa shape index (κ2) is 7.13. The van der Waals surface area contributed by atoms with Crippen LogP contribution in [-0.4, -0.2) is 56.5 Å². The molecule has 1 aromatic carbocycles. The van der Waals surface area contributed by atoms with Crippen molar-refractivity contribution < 1.29 is 18.0 Å². The molecule has 2 heterocycles. The molecule has 25 heavy (non-hydrogen) atoms. The average Bonchev–Trinajstić information content (AvgIpc) is 3.16. The SMILES string of the molecule is CCC(=O)N1CCc2cc(C(=O)NCCN3CCCS3(=O)=O)ccc21. The molecular formula is C17H23N3O4S. The van der Waals surface area contributed by atoms with Crippen molar-refractivity contribution in [3.8, 4) is 0 Å². The van der Waals surface area contributed by atoms with E-state index in [9.17, 15) is 18.0 Å². The Labute approximate surface area is 148 Å². The lowest BCUT2D eigenvalue weighted by atomic mass is 10.1. The van der Waals surface area contributed by atoms with E-state index in [2.05, 4.69) is 5.32 Å². The minimum Gasteiger partial charge on any atom is -0.351 e. The summed E-state index contributed by atoms with van der Waals surface area (Å²) in [6, 6.07) is 5.35. The molecule has 0 saturated carbocycles. The van der Waals surface area contributed by atoms with E-state index in [1.165, 1.54) is 4.31 Å². The summed E-state index contributed by atoms with van der Waals surface area (Å²) in [5.74, 6) is 0.0566. The summed E-state index contributed by atoms with van der Waals surface area (Å²) in [5.41, 5.74) is 2.41. The summed E-state index contributed by atoms with van der Waals surface area (Å²) in [4.78, 5) is 26.0. The van der Waals surface area contributed by atoms with Gasteiger partial charge in [-0.25, -0.2) is 12.7 Å². The highest BCUT2D eigenvalue weighted by molar-refractivity contribution is 7.89. The van der Waals surface area contributed by atoms with Gasteiger partial charge in [0.05, 0.1) is 5.75 Å². The Balaban J connectivity index is 1.59. The van der Waals surface area contributed by atoms with Crippen LogP contribution in [0, 0.1) is 0 Å². The Hall–Kier alpha value is -1.93. The number of hydrogen-bond acceptors (Lipinski definition) is 4. The molecule has 7 nitrogen and oxygen atoms in total. The average molecular weight is 365 g/mol. The van der Waals surface area contributed by atoms with E-state index >= 15 is 0 Å². The van der Waals surface area contributed by atoms with Gasteiger partial charge in [-0.1, -0.05) is 6.92 Å². The Morgan fingerprint density at radius 2 is 2.04 bits per heavy atom. The van der Waals surface area contributed by atoms with E-state index < -0.39 is 10.0 Å². The van der Waals surface area contributed by atoms with Gasteiger partial charge < -0.3 is 10.2 Å². The molecule has 3 rings (SSSR count). The Bertz CT molecular complexity index is 791. The zero-order valence-electron chi connectivity index (χ0n) is 14.3. The minimum absolute atomic E-state index is 0.0859. The number of anilines is 1. The Morgan fingerprint density at radius 3 is 2.72 bits per heavy atom. The Kier molecular flexibility index (Phi) is 5.10. The number of carbonyl (C=O) groups is 2. The van der Waals surface area contributed by atoms with Crippen LogP contribution >= 0.6 is 0 Å². The topological polar surface area (TPSA) is 86.8 Å². The first-order chi connectivity index (χ1) is 11.9. The van der Waals surface area contributed by atoms with Crippen LogP contribution in [0.5, 0.6) is 0 Å². The molecule has 136 valence electrons. The first-order valence-electron chi connectivity index (χ1n) is 8.61. The molecule has 0 aliphatic carbocycles. The van der Waals surface area contributed by atoms with Gasteiger partial charge >= 0.3 is 0 Å². The smallest absolute Gasteiger partial charge is 0.251 e. The lowest BCUT2D eigenvalue weighted by molar-refractivity contribution is -0.118. The third-order valence-corrected chi connectivity index (χ3v) is 6.65. The maximum Gasteiger partial charge on any atom is 0.251 e. The van der Waals surface area contributed by atoms with Gasteiger partial charge in [-0.15, -0.1) is 0 Å². The molecule has 1 N–H and O–H groups in total. The zero-order valence-corrected chi connectivity index (χ0v) is 15.1. The summed E-state index contributed by atoms with van der Waals surface area (Å²) < 4.78 is 24.9. The van der Waals surface area contributed by atoms with E-state index in [0.717, 1.165) is 17.7 Å². The van der Waals surface area contributed by atoms with Crippen molar-refractivity contribution in [3.05, 3.63) is 29.3 Å². The van der Waals surface area contributed by atoms with E-state index in [1.807, 2.05) is 19.1 Å². The van der Waals surface area contributed by atoms with Gasteiger partial charge in [0.25, 0.3) is 5.91 Å². The van der Waals surface area contributed by atoms with Crippen molar-refractivity contribution in [3.63, 3.8) is 0 Å². The third-order valence-electron chi connectivity index (χ3n) is 4.69. The van der Waals surface area contributed by atoms with Crippen molar-refractivity contribution >= 4 is 27.5 Å². The second-order valence-corrected chi connectivity index (χ2v) is 8.41. The number of nitrogens with one attached hydrogen (secondary N) is 1. The minimum atomic E-state index is -3.13. The second-order valence-electron chi connectivity index (χ2n) is 6.32. The van der Waals surface area contributed by atoms with Gasteiger partial charge in [-0.3, -0.25) is 9.59 Å². The quantitative estimate of drug-likeness (QED) is 0.834. The molecule has 2 aliphatic heterocycles. The number of hydrogen-bond donors (Lipinski definition) is 1. The molecule has 2 aliphatic rings. The molecule has 2 amide bonds. The Morgan fingerprint density at radius 1 is 1.24 bits per heavy atom. The number of rotatable bonds is 5. The predicted molar refractivity (Wildman–Crippen MR) is 95.1 cm³/mol.